The Balaban J connectivity index is 1.37. The summed E-state index contributed by atoms with van der Waals surface area (Å²) in [6, 6.07) is 4.16. The number of nitrogens with one attached hydrogen (secondary N) is 1. The van der Waals surface area contributed by atoms with Crippen molar-refractivity contribution in [1.29, 1.82) is 0 Å². The second kappa shape index (κ2) is 6.18. The highest BCUT2D eigenvalue weighted by Crippen LogP contribution is 2.43. The van der Waals surface area contributed by atoms with Crippen molar-refractivity contribution in [3.8, 4) is 0 Å². The van der Waals surface area contributed by atoms with Crippen LogP contribution in [0.15, 0.2) is 36.7 Å². The van der Waals surface area contributed by atoms with Crippen molar-refractivity contribution in [2.75, 3.05) is 6.54 Å². The molecule has 3 heteroatoms. The fourth-order valence-electron chi connectivity index (χ4n) is 5.12. The van der Waals surface area contributed by atoms with Crippen LogP contribution in [0.2, 0.25) is 0 Å². The van der Waals surface area contributed by atoms with E-state index in [0.717, 1.165) is 25.3 Å². The van der Waals surface area contributed by atoms with Gasteiger partial charge in [0.15, 0.2) is 0 Å². The van der Waals surface area contributed by atoms with Crippen LogP contribution in [0.5, 0.6) is 0 Å². The molecule has 1 aromatic rings. The quantitative estimate of drug-likeness (QED) is 0.823. The van der Waals surface area contributed by atoms with Crippen molar-refractivity contribution < 1.29 is 4.79 Å². The highest BCUT2D eigenvalue weighted by atomic mass is 16.1. The van der Waals surface area contributed by atoms with Gasteiger partial charge in [-0.05, 0) is 55.6 Å². The minimum Gasteiger partial charge on any atom is -0.356 e. The maximum atomic E-state index is 12.6. The largest absolute Gasteiger partial charge is 0.356 e. The van der Waals surface area contributed by atoms with Crippen LogP contribution in [-0.4, -0.2) is 17.0 Å². The average molecular weight is 312 g/mol. The van der Waals surface area contributed by atoms with Gasteiger partial charge in [-0.15, -0.1) is 0 Å². The Hall–Kier alpha value is -1.51. The summed E-state index contributed by atoms with van der Waals surface area (Å²) in [5.74, 6) is 2.41. The molecule has 2 saturated carbocycles. The molecule has 3 atom stereocenters. The van der Waals surface area contributed by atoms with Gasteiger partial charge in [-0.1, -0.05) is 31.4 Å². The van der Waals surface area contributed by atoms with Gasteiger partial charge < -0.3 is 9.88 Å². The van der Waals surface area contributed by atoms with Crippen molar-refractivity contribution in [3.63, 3.8) is 0 Å². The van der Waals surface area contributed by atoms with E-state index in [9.17, 15) is 4.79 Å². The summed E-state index contributed by atoms with van der Waals surface area (Å²) in [5.41, 5.74) is 0.0143. The van der Waals surface area contributed by atoms with Crippen molar-refractivity contribution in [3.05, 3.63) is 36.7 Å². The summed E-state index contributed by atoms with van der Waals surface area (Å²) >= 11 is 0. The first-order chi connectivity index (χ1) is 11.3. The average Bonchev–Trinajstić information content (AvgIpc) is 3.31. The number of hydrogen-bond donors (Lipinski definition) is 1. The molecule has 0 radical (unpaired) electrons. The normalized spacial score (nSPS) is 31.4. The number of fused-ring (bicyclic) bond motifs is 2. The van der Waals surface area contributed by atoms with Gasteiger partial charge >= 0.3 is 0 Å². The van der Waals surface area contributed by atoms with Gasteiger partial charge in [0.1, 0.15) is 0 Å². The van der Waals surface area contributed by atoms with Gasteiger partial charge in [0.2, 0.25) is 5.91 Å². The lowest BCUT2D eigenvalue weighted by atomic mass is 9.78. The molecule has 3 nitrogen and oxygen atoms in total. The smallest absolute Gasteiger partial charge is 0.222 e. The maximum absolute atomic E-state index is 12.6. The minimum absolute atomic E-state index is 0.0143. The molecule has 1 amide bonds. The maximum Gasteiger partial charge on any atom is 0.222 e. The first-order valence-corrected chi connectivity index (χ1v) is 9.34. The van der Waals surface area contributed by atoms with Crippen LogP contribution in [0, 0.1) is 17.8 Å². The number of carbonyl (C=O) groups excluding carboxylic acids is 1. The zero-order chi connectivity index (χ0) is 15.7. The Morgan fingerprint density at radius 3 is 2.52 bits per heavy atom. The van der Waals surface area contributed by atoms with Crippen molar-refractivity contribution in [2.45, 2.75) is 56.9 Å². The highest BCUT2D eigenvalue weighted by Gasteiger charge is 2.37. The molecular formula is C20H28N2O. The molecular weight excluding hydrogens is 284 g/mol. The zero-order valence-corrected chi connectivity index (χ0v) is 13.9. The molecule has 0 aliphatic heterocycles. The molecule has 3 unspecified atom stereocenters. The van der Waals surface area contributed by atoms with E-state index in [0.29, 0.717) is 18.3 Å². The lowest BCUT2D eigenvalue weighted by Crippen LogP contribution is -2.41. The first-order valence-electron chi connectivity index (χ1n) is 9.34. The number of amides is 1. The summed E-state index contributed by atoms with van der Waals surface area (Å²) in [7, 11) is 0. The fourth-order valence-corrected chi connectivity index (χ4v) is 5.12. The van der Waals surface area contributed by atoms with Crippen molar-refractivity contribution >= 4 is 5.91 Å². The first kappa shape index (κ1) is 15.0. The van der Waals surface area contributed by atoms with Crippen LogP contribution in [0.25, 0.3) is 0 Å². The fraction of sp³-hybridized carbons (Fsp3) is 0.650. The Morgan fingerprint density at radius 2 is 1.87 bits per heavy atom. The molecule has 3 aliphatic carbocycles. The van der Waals surface area contributed by atoms with E-state index in [1.165, 1.54) is 32.1 Å². The summed E-state index contributed by atoms with van der Waals surface area (Å²) in [4.78, 5) is 12.6. The van der Waals surface area contributed by atoms with Crippen LogP contribution in [-0.2, 0) is 10.3 Å². The van der Waals surface area contributed by atoms with Crippen molar-refractivity contribution in [1.82, 2.24) is 9.88 Å². The third kappa shape index (κ3) is 2.98. The predicted octanol–water partition coefficient (Wildman–Crippen LogP) is 3.87. The third-order valence-electron chi connectivity index (χ3n) is 6.40. The van der Waals surface area contributed by atoms with E-state index in [4.69, 9.17) is 0 Å². The van der Waals surface area contributed by atoms with E-state index in [-0.39, 0.29) is 11.4 Å². The molecule has 1 aromatic heterocycles. The van der Waals surface area contributed by atoms with Gasteiger partial charge in [-0.2, -0.15) is 0 Å². The molecule has 2 fully saturated rings. The molecule has 1 heterocycles. The van der Waals surface area contributed by atoms with Gasteiger partial charge in [0, 0.05) is 18.9 Å². The Morgan fingerprint density at radius 1 is 1.09 bits per heavy atom. The van der Waals surface area contributed by atoms with Gasteiger partial charge in [-0.25, -0.2) is 0 Å². The monoisotopic (exact) mass is 312 g/mol. The van der Waals surface area contributed by atoms with E-state index < -0.39 is 0 Å². The number of nitrogens with zero attached hydrogens (tertiary/aromatic N) is 1. The van der Waals surface area contributed by atoms with Crippen LogP contribution >= 0.6 is 0 Å². The van der Waals surface area contributed by atoms with Gasteiger partial charge in [0.05, 0.1) is 12.0 Å². The molecule has 3 aliphatic rings. The number of allylic oxidation sites excluding steroid dienone is 2. The van der Waals surface area contributed by atoms with E-state index in [1.807, 2.05) is 0 Å². The second-order valence-electron chi connectivity index (χ2n) is 7.90. The van der Waals surface area contributed by atoms with Crippen LogP contribution < -0.4 is 5.32 Å². The van der Waals surface area contributed by atoms with Crippen LogP contribution in [0.1, 0.15) is 51.4 Å². The number of aromatic nitrogens is 1. The third-order valence-corrected chi connectivity index (χ3v) is 6.40. The van der Waals surface area contributed by atoms with E-state index in [1.54, 1.807) is 0 Å². The Kier molecular flexibility index (Phi) is 4.04. The standard InChI is InChI=1S/C20H28N2O/c23-19(21-15-18-13-16-6-7-17(18)12-16)14-20(8-2-1-3-9-20)22-10-4-5-11-22/h4-7,10-11,16-18H,1-3,8-9,12-15H2,(H,21,23). The van der Waals surface area contributed by atoms with Gasteiger partial charge in [-0.3, -0.25) is 4.79 Å². The summed E-state index contributed by atoms with van der Waals surface area (Å²) in [6.07, 6.45) is 18.3. The highest BCUT2D eigenvalue weighted by molar-refractivity contribution is 5.77. The summed E-state index contributed by atoms with van der Waals surface area (Å²) in [5, 5.41) is 3.26. The topological polar surface area (TPSA) is 34.0 Å². The molecule has 124 valence electrons. The molecule has 2 bridgehead atoms. The summed E-state index contributed by atoms with van der Waals surface area (Å²) in [6.45, 7) is 0.867. The number of carbonyl (C=O) groups is 1. The van der Waals surface area contributed by atoms with Gasteiger partial charge in [0.25, 0.3) is 0 Å². The van der Waals surface area contributed by atoms with Crippen LogP contribution in [0.4, 0.5) is 0 Å². The minimum atomic E-state index is 0.0143. The van der Waals surface area contributed by atoms with Crippen molar-refractivity contribution in [2.24, 2.45) is 17.8 Å². The summed E-state index contributed by atoms with van der Waals surface area (Å²) < 4.78 is 2.30. The lowest BCUT2D eigenvalue weighted by Gasteiger charge is -2.38. The number of hydrogen-bond acceptors (Lipinski definition) is 1. The molecule has 4 rings (SSSR count). The molecule has 0 aromatic carbocycles. The zero-order valence-electron chi connectivity index (χ0n) is 13.9. The molecule has 0 spiro atoms. The predicted molar refractivity (Wildman–Crippen MR) is 92.0 cm³/mol. The molecule has 1 N–H and O–H groups in total. The SMILES string of the molecule is O=C(CC1(n2cccc2)CCCCC1)NCC1CC2C=CC1C2. The number of rotatable bonds is 5. The molecule has 0 saturated heterocycles. The molecule has 23 heavy (non-hydrogen) atoms. The van der Waals surface area contributed by atoms with E-state index >= 15 is 0 Å². The Labute approximate surface area is 139 Å². The van der Waals surface area contributed by atoms with E-state index in [2.05, 4.69) is 46.6 Å². The second-order valence-corrected chi connectivity index (χ2v) is 7.90. The van der Waals surface area contributed by atoms with Crippen LogP contribution in [0.3, 0.4) is 0 Å². The Bertz CT molecular complexity index is 568. The lowest BCUT2D eigenvalue weighted by molar-refractivity contribution is -0.123.